The maximum absolute atomic E-state index is 12.1. The number of carbonyl (C=O) groups excluding carboxylic acids is 1. The molecule has 5 nitrogen and oxygen atoms in total. The number of likely N-dealkylation sites (N-methyl/N-ethyl adjacent to an activating group) is 1. The summed E-state index contributed by atoms with van der Waals surface area (Å²) in [5.41, 5.74) is 3.07. The number of rotatable bonds is 3. The first-order chi connectivity index (χ1) is 9.85. The molecule has 116 valence electrons. The molecule has 1 aromatic carbocycles. The zero-order valence-electron chi connectivity index (χ0n) is 13.3. The number of carbonyl (C=O) groups is 1. The van der Waals surface area contributed by atoms with Crippen molar-refractivity contribution in [3.8, 4) is 11.5 Å². The van der Waals surface area contributed by atoms with Crippen LogP contribution in [0.25, 0.3) is 0 Å². The molecular formula is C16H23NO4. The first-order valence-electron chi connectivity index (χ1n) is 7.13. The van der Waals surface area contributed by atoms with E-state index in [2.05, 4.69) is 5.32 Å². The number of nitrogens with one attached hydrogen (secondary N) is 1. The Kier molecular flexibility index (Phi) is 4.14. The summed E-state index contributed by atoms with van der Waals surface area (Å²) in [7, 11) is 1.62. The fourth-order valence-electron chi connectivity index (χ4n) is 2.94. The maximum Gasteiger partial charge on any atom is 0.263 e. The summed E-state index contributed by atoms with van der Waals surface area (Å²) in [6.07, 6.45) is 1.36. The molecule has 1 unspecified atom stereocenters. The van der Waals surface area contributed by atoms with E-state index in [0.717, 1.165) is 34.4 Å². The van der Waals surface area contributed by atoms with Gasteiger partial charge in [-0.2, -0.15) is 0 Å². The third-order valence-corrected chi connectivity index (χ3v) is 4.41. The Morgan fingerprint density at radius 1 is 1.33 bits per heavy atom. The van der Waals surface area contributed by atoms with Gasteiger partial charge in [0.25, 0.3) is 5.91 Å². The lowest BCUT2D eigenvalue weighted by molar-refractivity contribution is -0.136. The predicted molar refractivity (Wildman–Crippen MR) is 79.8 cm³/mol. The van der Waals surface area contributed by atoms with Gasteiger partial charge in [-0.05, 0) is 50.8 Å². The Morgan fingerprint density at radius 2 is 2.00 bits per heavy atom. The molecule has 5 heteroatoms. The number of benzene rings is 1. The van der Waals surface area contributed by atoms with E-state index >= 15 is 0 Å². The molecule has 0 spiro atoms. The third-order valence-electron chi connectivity index (χ3n) is 4.41. The van der Waals surface area contributed by atoms with E-state index in [1.165, 1.54) is 0 Å². The Balaban J connectivity index is 2.53. The van der Waals surface area contributed by atoms with Crippen LogP contribution in [0, 0.1) is 20.8 Å². The molecular weight excluding hydrogens is 270 g/mol. The van der Waals surface area contributed by atoms with E-state index in [-0.39, 0.29) is 12.7 Å². The molecule has 0 bridgehead atoms. The highest BCUT2D eigenvalue weighted by molar-refractivity contribution is 5.85. The van der Waals surface area contributed by atoms with Crippen molar-refractivity contribution in [3.05, 3.63) is 22.3 Å². The quantitative estimate of drug-likeness (QED) is 0.834. The van der Waals surface area contributed by atoms with Crippen LogP contribution >= 0.6 is 0 Å². The van der Waals surface area contributed by atoms with Gasteiger partial charge in [-0.3, -0.25) is 4.79 Å². The van der Waals surface area contributed by atoms with Crippen LogP contribution < -0.4 is 14.8 Å². The predicted octanol–water partition coefficient (Wildman–Crippen LogP) is 1.77. The molecule has 1 aliphatic rings. The van der Waals surface area contributed by atoms with Crippen LogP contribution in [0.3, 0.4) is 0 Å². The molecule has 1 heterocycles. The van der Waals surface area contributed by atoms with Crippen molar-refractivity contribution in [2.45, 2.75) is 46.1 Å². The highest BCUT2D eigenvalue weighted by Gasteiger charge is 2.40. The van der Waals surface area contributed by atoms with Crippen LogP contribution in [0.5, 0.6) is 11.5 Å². The van der Waals surface area contributed by atoms with Crippen LogP contribution in [-0.4, -0.2) is 30.5 Å². The third kappa shape index (κ3) is 2.46. The molecule has 0 saturated heterocycles. The Morgan fingerprint density at radius 3 is 2.57 bits per heavy atom. The molecule has 1 atom stereocenters. The molecule has 0 aliphatic carbocycles. The highest BCUT2D eigenvalue weighted by atomic mass is 16.6. The van der Waals surface area contributed by atoms with Gasteiger partial charge < -0.3 is 19.9 Å². The maximum atomic E-state index is 12.1. The van der Waals surface area contributed by atoms with E-state index in [1.54, 1.807) is 7.05 Å². The van der Waals surface area contributed by atoms with E-state index in [4.69, 9.17) is 14.6 Å². The standard InChI is InChI=1S/C16H23NO4/c1-9-10(2)14-12(11(3)13(9)20-8-18)6-7-16(4,21-14)15(19)17-5/h18H,6-8H2,1-5H3,(H,17,19). The van der Waals surface area contributed by atoms with E-state index in [0.29, 0.717) is 12.2 Å². The van der Waals surface area contributed by atoms with E-state index < -0.39 is 5.60 Å². The first-order valence-corrected chi connectivity index (χ1v) is 7.13. The second-order valence-electron chi connectivity index (χ2n) is 5.70. The smallest absolute Gasteiger partial charge is 0.263 e. The molecule has 1 aromatic rings. The molecule has 1 amide bonds. The van der Waals surface area contributed by atoms with Gasteiger partial charge in [-0.1, -0.05) is 0 Å². The number of aliphatic hydroxyl groups is 1. The number of amides is 1. The summed E-state index contributed by atoms with van der Waals surface area (Å²) in [4.78, 5) is 12.1. The van der Waals surface area contributed by atoms with Crippen molar-refractivity contribution in [2.75, 3.05) is 13.8 Å². The minimum atomic E-state index is -0.843. The molecule has 2 rings (SSSR count). The number of hydrogen-bond acceptors (Lipinski definition) is 4. The average molecular weight is 293 g/mol. The molecule has 0 aromatic heterocycles. The van der Waals surface area contributed by atoms with Crippen molar-refractivity contribution in [3.63, 3.8) is 0 Å². The number of ether oxygens (including phenoxy) is 2. The van der Waals surface area contributed by atoms with Crippen molar-refractivity contribution in [2.24, 2.45) is 0 Å². The van der Waals surface area contributed by atoms with Crippen molar-refractivity contribution in [1.29, 1.82) is 0 Å². The second-order valence-corrected chi connectivity index (χ2v) is 5.70. The highest BCUT2D eigenvalue weighted by Crippen LogP contribution is 2.43. The fourth-order valence-corrected chi connectivity index (χ4v) is 2.94. The van der Waals surface area contributed by atoms with Gasteiger partial charge in [0.15, 0.2) is 12.4 Å². The topological polar surface area (TPSA) is 67.8 Å². The van der Waals surface area contributed by atoms with Gasteiger partial charge >= 0.3 is 0 Å². The van der Waals surface area contributed by atoms with E-state index in [9.17, 15) is 4.79 Å². The minimum Gasteiger partial charge on any atom is -0.477 e. The molecule has 0 radical (unpaired) electrons. The van der Waals surface area contributed by atoms with E-state index in [1.807, 2.05) is 27.7 Å². The average Bonchev–Trinajstić information content (AvgIpc) is 2.48. The molecule has 21 heavy (non-hydrogen) atoms. The summed E-state index contributed by atoms with van der Waals surface area (Å²) in [5.74, 6) is 1.37. The normalized spacial score (nSPS) is 20.5. The van der Waals surface area contributed by atoms with Crippen molar-refractivity contribution in [1.82, 2.24) is 5.32 Å². The molecule has 2 N–H and O–H groups in total. The van der Waals surface area contributed by atoms with Crippen LogP contribution in [0.15, 0.2) is 0 Å². The van der Waals surface area contributed by atoms with Crippen LogP contribution in [0.1, 0.15) is 35.6 Å². The van der Waals surface area contributed by atoms with Crippen LogP contribution in [0.2, 0.25) is 0 Å². The Bertz CT molecular complexity index is 582. The minimum absolute atomic E-state index is 0.112. The van der Waals surface area contributed by atoms with Gasteiger partial charge in [0, 0.05) is 19.0 Å². The molecule has 0 saturated carbocycles. The Labute approximate surface area is 125 Å². The van der Waals surface area contributed by atoms with Gasteiger partial charge in [-0.25, -0.2) is 0 Å². The summed E-state index contributed by atoms with van der Waals surface area (Å²) in [6, 6.07) is 0. The van der Waals surface area contributed by atoms with Crippen molar-refractivity contribution >= 4 is 5.91 Å². The number of fused-ring (bicyclic) bond motifs is 1. The number of hydrogen-bond donors (Lipinski definition) is 2. The molecule has 1 aliphatic heterocycles. The lowest BCUT2D eigenvalue weighted by atomic mass is 9.86. The van der Waals surface area contributed by atoms with Crippen LogP contribution in [-0.2, 0) is 11.2 Å². The SMILES string of the molecule is CNC(=O)C1(C)CCc2c(C)c(OCO)c(C)c(C)c2O1. The lowest BCUT2D eigenvalue weighted by Gasteiger charge is -2.36. The zero-order valence-corrected chi connectivity index (χ0v) is 13.3. The van der Waals surface area contributed by atoms with Gasteiger partial charge in [0.2, 0.25) is 0 Å². The molecule has 0 fully saturated rings. The summed E-state index contributed by atoms with van der Waals surface area (Å²) < 4.78 is 11.4. The Hall–Kier alpha value is -1.75. The monoisotopic (exact) mass is 293 g/mol. The summed E-state index contributed by atoms with van der Waals surface area (Å²) >= 11 is 0. The summed E-state index contributed by atoms with van der Waals surface area (Å²) in [5, 5.41) is 11.7. The zero-order chi connectivity index (χ0) is 15.8. The number of aliphatic hydroxyl groups excluding tert-OH is 1. The van der Waals surface area contributed by atoms with Crippen LogP contribution in [0.4, 0.5) is 0 Å². The first kappa shape index (κ1) is 15.6. The van der Waals surface area contributed by atoms with Crippen molar-refractivity contribution < 1.29 is 19.4 Å². The summed E-state index contributed by atoms with van der Waals surface area (Å²) in [6.45, 7) is 7.31. The van der Waals surface area contributed by atoms with Gasteiger partial charge in [0.05, 0.1) is 0 Å². The largest absolute Gasteiger partial charge is 0.477 e. The fraction of sp³-hybridized carbons (Fsp3) is 0.562. The van der Waals surface area contributed by atoms with Gasteiger partial charge in [0.1, 0.15) is 11.5 Å². The van der Waals surface area contributed by atoms with Gasteiger partial charge in [-0.15, -0.1) is 0 Å². The second kappa shape index (κ2) is 5.56. The lowest BCUT2D eigenvalue weighted by Crippen LogP contribution is -2.50.